The van der Waals surface area contributed by atoms with E-state index < -0.39 is 0 Å². The Morgan fingerprint density at radius 1 is 0.459 bits per heavy atom. The molecule has 4 atom stereocenters. The Morgan fingerprint density at radius 2 is 1.03 bits per heavy atom. The third-order valence-electron chi connectivity index (χ3n) is 21.8. The first-order chi connectivity index (χ1) is 35.6. The van der Waals surface area contributed by atoms with Crippen LogP contribution in [0.3, 0.4) is 0 Å². The molecular formula is C71H73BN2. The highest BCUT2D eigenvalue weighted by molar-refractivity contribution is 6.90. The summed E-state index contributed by atoms with van der Waals surface area (Å²) in [5.74, 6) is 4.70. The van der Waals surface area contributed by atoms with Gasteiger partial charge >= 0.3 is 6.85 Å². The molecule has 74 heavy (non-hydrogen) atoms. The number of aryl methyl sites for hydroxylation is 1. The normalized spacial score (nSPS) is 28.9. The van der Waals surface area contributed by atoms with Gasteiger partial charge in [0.1, 0.15) is 0 Å². The van der Waals surface area contributed by atoms with E-state index >= 15 is 0 Å². The quantitative estimate of drug-likeness (QED) is 0.160. The molecule has 4 unspecified atom stereocenters. The molecular weight excluding hydrogens is 892 g/mol. The second-order valence-corrected chi connectivity index (χ2v) is 27.9. The van der Waals surface area contributed by atoms with Crippen molar-refractivity contribution in [1.29, 1.82) is 0 Å². The second-order valence-electron chi connectivity index (χ2n) is 27.9. The lowest BCUT2D eigenvalue weighted by Gasteiger charge is -2.51. The van der Waals surface area contributed by atoms with Crippen LogP contribution in [0.15, 0.2) is 121 Å². The van der Waals surface area contributed by atoms with E-state index in [9.17, 15) is 0 Å². The fourth-order valence-corrected chi connectivity index (χ4v) is 19.7. The summed E-state index contributed by atoms with van der Waals surface area (Å²) in [6.45, 7) is 22.5. The lowest BCUT2D eigenvalue weighted by Crippen LogP contribution is -2.57. The van der Waals surface area contributed by atoms with Crippen molar-refractivity contribution >= 4 is 56.6 Å². The van der Waals surface area contributed by atoms with Crippen LogP contribution in [-0.2, 0) is 21.7 Å². The van der Waals surface area contributed by atoms with Gasteiger partial charge in [0.05, 0.1) is 0 Å². The molecule has 7 aromatic carbocycles. The maximum atomic E-state index is 2.90. The van der Waals surface area contributed by atoms with E-state index in [1.54, 1.807) is 11.1 Å². The fourth-order valence-electron chi connectivity index (χ4n) is 19.7. The van der Waals surface area contributed by atoms with Gasteiger partial charge < -0.3 is 9.38 Å². The smallest absolute Gasteiger partial charge is 0.333 e. The number of hydrogen-bond acceptors (Lipinski definition) is 1. The van der Waals surface area contributed by atoms with Crippen LogP contribution in [0.5, 0.6) is 0 Å². The summed E-state index contributed by atoms with van der Waals surface area (Å²) >= 11 is 0. The molecule has 0 amide bonds. The van der Waals surface area contributed by atoms with Gasteiger partial charge in [-0.1, -0.05) is 128 Å². The highest BCUT2D eigenvalue weighted by Gasteiger charge is 2.51. The second kappa shape index (κ2) is 14.8. The van der Waals surface area contributed by atoms with Crippen LogP contribution in [-0.4, -0.2) is 11.3 Å². The van der Waals surface area contributed by atoms with Crippen molar-refractivity contribution in [2.24, 2.45) is 35.5 Å². The van der Waals surface area contributed by atoms with Crippen LogP contribution < -0.4 is 15.8 Å². The van der Waals surface area contributed by atoms with Crippen molar-refractivity contribution in [2.45, 2.75) is 148 Å². The standard InChI is InChI=1S/C71H73BN2/c1-40-26-55-57-30-48(71-36-43(4)24-46(39-71)25-44(5)37-71)29-56-54-28-47(70-34-41(2)22-45(38-70)23-42(3)35-70)18-21-63(54)74(67(56)57)72-62-33-61-53(51-15-11-13-17-59(51)69(61,8)9)32-64(62)73(65(27-40)66(55)72)49-19-20-52-50-14-10-12-16-58(50)68(6,7)60(52)31-49/h10-21,26-33,41-46H,22-25,34-39H2,1-9H3. The van der Waals surface area contributed by atoms with Gasteiger partial charge in [-0.3, -0.25) is 0 Å². The highest BCUT2D eigenvalue weighted by Crippen LogP contribution is 2.60. The molecule has 8 aliphatic rings. The Bertz CT molecular complexity index is 3750. The zero-order valence-electron chi connectivity index (χ0n) is 45.6. The fraction of sp³-hybridized carbons (Fsp3) is 0.408. The summed E-state index contributed by atoms with van der Waals surface area (Å²) in [5.41, 5.74) is 28.6. The first kappa shape index (κ1) is 44.5. The van der Waals surface area contributed by atoms with Crippen LogP contribution in [0.2, 0.25) is 0 Å². The Labute approximate surface area is 441 Å². The average Bonchev–Trinajstić information content (AvgIpc) is 3.93. The first-order valence-corrected chi connectivity index (χ1v) is 29.2. The van der Waals surface area contributed by atoms with Crippen LogP contribution >= 0.6 is 0 Å². The Morgan fingerprint density at radius 3 is 1.68 bits per heavy atom. The summed E-state index contributed by atoms with van der Waals surface area (Å²) in [4.78, 5) is 2.72. The van der Waals surface area contributed by atoms with E-state index in [2.05, 4.69) is 193 Å². The van der Waals surface area contributed by atoms with Crippen LogP contribution in [0.1, 0.15) is 159 Å². The van der Waals surface area contributed by atoms with E-state index in [1.165, 1.54) is 175 Å². The number of benzene rings is 7. The Kier molecular flexibility index (Phi) is 8.88. The average molecular weight is 965 g/mol. The molecule has 4 bridgehead atoms. The molecule has 16 rings (SSSR count). The molecule has 2 aliphatic heterocycles. The zero-order valence-corrected chi connectivity index (χ0v) is 45.6. The van der Waals surface area contributed by atoms with E-state index in [0.717, 1.165) is 35.5 Å². The predicted octanol–water partition coefficient (Wildman–Crippen LogP) is 17.3. The van der Waals surface area contributed by atoms with Crippen molar-refractivity contribution in [3.63, 3.8) is 0 Å². The molecule has 2 nitrogen and oxygen atoms in total. The molecule has 1 aromatic heterocycles. The molecule has 4 fully saturated rings. The number of rotatable bonds is 3. The van der Waals surface area contributed by atoms with Crippen molar-refractivity contribution < 1.29 is 0 Å². The lowest BCUT2D eigenvalue weighted by atomic mass is 9.44. The largest absolute Gasteiger partial charge is 0.375 e. The van der Waals surface area contributed by atoms with Gasteiger partial charge in [0.2, 0.25) is 0 Å². The van der Waals surface area contributed by atoms with Crippen LogP contribution in [0.25, 0.3) is 55.2 Å². The topological polar surface area (TPSA) is 8.17 Å². The van der Waals surface area contributed by atoms with Gasteiger partial charge in [0, 0.05) is 55.3 Å². The lowest BCUT2D eigenvalue weighted by molar-refractivity contribution is 0.0779. The Balaban J connectivity index is 1.01. The van der Waals surface area contributed by atoms with Gasteiger partial charge in [-0.05, 0) is 244 Å². The monoisotopic (exact) mass is 965 g/mol. The number of hydrogen-bond donors (Lipinski definition) is 0. The van der Waals surface area contributed by atoms with Gasteiger partial charge in [-0.2, -0.15) is 0 Å². The van der Waals surface area contributed by atoms with Gasteiger partial charge in [-0.25, -0.2) is 0 Å². The molecule has 0 N–H and O–H groups in total. The number of nitrogens with zero attached hydrogens (tertiary/aromatic N) is 2. The number of aromatic nitrogens is 1. The molecule has 0 radical (unpaired) electrons. The molecule has 4 saturated carbocycles. The minimum atomic E-state index is -0.132. The minimum absolute atomic E-state index is 0.00915. The summed E-state index contributed by atoms with van der Waals surface area (Å²) < 4.78 is 2.90. The first-order valence-electron chi connectivity index (χ1n) is 29.2. The van der Waals surface area contributed by atoms with Crippen LogP contribution in [0, 0.1) is 42.4 Å². The minimum Gasteiger partial charge on any atom is -0.375 e. The summed E-state index contributed by atoms with van der Waals surface area (Å²) in [6, 6.07) is 50.0. The van der Waals surface area contributed by atoms with Crippen molar-refractivity contribution in [3.05, 3.63) is 160 Å². The van der Waals surface area contributed by atoms with Gasteiger partial charge in [-0.15, -0.1) is 0 Å². The SMILES string of the molecule is Cc1cc2c3c(c1)N(c1ccc4c(c1)C(C)(C)c1ccccc1-4)c1cc4c(cc1B3n1c3ccc(C56CC(C)CC(CC(C)C5)C6)cc3c3cc(C56CC(C)CC(CC(C)C5)C6)cc-2c31)C(C)(C)c1ccccc1-4. The van der Waals surface area contributed by atoms with E-state index in [4.69, 9.17) is 0 Å². The molecule has 8 aromatic rings. The molecule has 6 aliphatic carbocycles. The third kappa shape index (κ3) is 5.80. The summed E-state index contributed by atoms with van der Waals surface area (Å²) in [5, 5.41) is 3.00. The van der Waals surface area contributed by atoms with E-state index in [-0.39, 0.29) is 28.5 Å². The molecule has 3 heteroatoms. The van der Waals surface area contributed by atoms with E-state index in [0.29, 0.717) is 0 Å². The predicted molar refractivity (Wildman–Crippen MR) is 313 cm³/mol. The molecule has 0 saturated heterocycles. The Hall–Kier alpha value is -5.80. The molecule has 0 spiro atoms. The zero-order chi connectivity index (χ0) is 50.1. The molecule has 370 valence electrons. The highest BCUT2D eigenvalue weighted by atomic mass is 15.2. The van der Waals surface area contributed by atoms with Gasteiger partial charge in [0.25, 0.3) is 0 Å². The van der Waals surface area contributed by atoms with Crippen molar-refractivity contribution in [1.82, 2.24) is 4.48 Å². The summed E-state index contributed by atoms with van der Waals surface area (Å²) in [6.07, 6.45) is 13.6. The maximum absolute atomic E-state index is 2.90. The maximum Gasteiger partial charge on any atom is 0.333 e. The number of fused-ring (bicyclic) bond motifs is 17. The molecule has 3 heterocycles. The summed E-state index contributed by atoms with van der Waals surface area (Å²) in [7, 11) is 0. The number of anilines is 3. The van der Waals surface area contributed by atoms with Crippen molar-refractivity contribution in [3.8, 4) is 33.4 Å². The van der Waals surface area contributed by atoms with Crippen molar-refractivity contribution in [2.75, 3.05) is 4.90 Å². The van der Waals surface area contributed by atoms with Gasteiger partial charge in [0.15, 0.2) is 0 Å². The van der Waals surface area contributed by atoms with Crippen LogP contribution in [0.4, 0.5) is 17.1 Å². The van der Waals surface area contributed by atoms with E-state index in [1.807, 2.05) is 0 Å². The third-order valence-corrected chi connectivity index (χ3v) is 21.8.